The van der Waals surface area contributed by atoms with E-state index in [1.165, 1.54) is 0 Å². The lowest BCUT2D eigenvalue weighted by Crippen LogP contribution is -2.06. The Morgan fingerprint density at radius 2 is 1.93 bits per heavy atom. The average Bonchev–Trinajstić information content (AvgIpc) is 2.00. The highest BCUT2D eigenvalue weighted by molar-refractivity contribution is 7.92. The Hall–Kier alpha value is -1.27. The normalized spacial score (nSPS) is 12.2. The second-order valence-electron chi connectivity index (χ2n) is 2.56. The number of halogens is 2. The third-order valence-electron chi connectivity index (χ3n) is 1.40. The first kappa shape index (κ1) is 10.8. The zero-order valence-electron chi connectivity index (χ0n) is 6.94. The van der Waals surface area contributed by atoms with Gasteiger partial charge in [-0.1, -0.05) is 0 Å². The van der Waals surface area contributed by atoms with Crippen LogP contribution in [0.1, 0.15) is 5.56 Å². The highest BCUT2D eigenvalue weighted by Gasteiger charge is 2.01. The van der Waals surface area contributed by atoms with Crippen LogP contribution in [0.25, 0.3) is 6.08 Å². The molecule has 0 heterocycles. The summed E-state index contributed by atoms with van der Waals surface area (Å²) in [5.41, 5.74) is -0.0413. The van der Waals surface area contributed by atoms with Gasteiger partial charge in [0.15, 0.2) is 0 Å². The number of nitrogens with two attached hydrogens (primary N) is 1. The molecule has 0 aliphatic heterocycles. The van der Waals surface area contributed by atoms with Crippen molar-refractivity contribution in [1.82, 2.24) is 0 Å². The fraction of sp³-hybridized carbons (Fsp3) is 0. The maximum Gasteiger partial charge on any atom is 0.231 e. The molecule has 0 atom stereocenters. The van der Waals surface area contributed by atoms with Crippen molar-refractivity contribution >= 4 is 16.1 Å². The van der Waals surface area contributed by atoms with E-state index in [0.717, 1.165) is 18.2 Å². The van der Waals surface area contributed by atoms with Crippen LogP contribution >= 0.6 is 0 Å². The molecule has 0 aliphatic carbocycles. The quantitative estimate of drug-likeness (QED) is 0.813. The Bertz CT molecular complexity index is 468. The molecule has 0 amide bonds. The van der Waals surface area contributed by atoms with Gasteiger partial charge in [0, 0.05) is 17.0 Å². The molecule has 0 bridgehead atoms. The van der Waals surface area contributed by atoms with Gasteiger partial charge in [0.1, 0.15) is 11.6 Å². The van der Waals surface area contributed by atoms with Crippen LogP contribution in [0.3, 0.4) is 0 Å². The number of primary sulfonamides is 1. The van der Waals surface area contributed by atoms with Gasteiger partial charge >= 0.3 is 0 Å². The number of hydrogen-bond donors (Lipinski definition) is 1. The Balaban J connectivity index is 3.05. The fourth-order valence-corrected chi connectivity index (χ4v) is 1.14. The monoisotopic (exact) mass is 219 g/mol. The molecule has 0 saturated carbocycles. The predicted molar refractivity (Wildman–Crippen MR) is 48.5 cm³/mol. The van der Waals surface area contributed by atoms with Gasteiger partial charge in [-0.3, -0.25) is 0 Å². The summed E-state index contributed by atoms with van der Waals surface area (Å²) in [7, 11) is -3.79. The zero-order chi connectivity index (χ0) is 10.8. The number of sulfonamides is 1. The van der Waals surface area contributed by atoms with E-state index in [9.17, 15) is 17.2 Å². The van der Waals surface area contributed by atoms with Crippen LogP contribution in [0.5, 0.6) is 0 Å². The lowest BCUT2D eigenvalue weighted by molar-refractivity contribution is 0.581. The summed E-state index contributed by atoms with van der Waals surface area (Å²) >= 11 is 0. The molecule has 0 aromatic heterocycles. The summed E-state index contributed by atoms with van der Waals surface area (Å²) in [6.07, 6.45) is 0.962. The molecule has 1 aromatic carbocycles. The van der Waals surface area contributed by atoms with E-state index in [-0.39, 0.29) is 5.56 Å². The van der Waals surface area contributed by atoms with Crippen molar-refractivity contribution in [2.75, 3.05) is 0 Å². The van der Waals surface area contributed by atoms with Gasteiger partial charge in [-0.15, -0.1) is 0 Å². The van der Waals surface area contributed by atoms with Crippen molar-refractivity contribution in [3.05, 3.63) is 40.8 Å². The van der Waals surface area contributed by atoms with Gasteiger partial charge < -0.3 is 0 Å². The number of benzene rings is 1. The van der Waals surface area contributed by atoms with Gasteiger partial charge in [0.05, 0.1) is 0 Å². The van der Waals surface area contributed by atoms with Gasteiger partial charge in [-0.25, -0.2) is 22.3 Å². The lowest BCUT2D eigenvalue weighted by atomic mass is 10.2. The topological polar surface area (TPSA) is 60.2 Å². The molecule has 0 unspecified atom stereocenters. The molecule has 0 spiro atoms. The molecule has 0 saturated heterocycles. The second kappa shape index (κ2) is 3.85. The van der Waals surface area contributed by atoms with Crippen LogP contribution in [0.4, 0.5) is 8.78 Å². The SMILES string of the molecule is NS(=O)(=O)C=Cc1ccc(F)cc1F. The van der Waals surface area contributed by atoms with Gasteiger partial charge in [0.2, 0.25) is 10.0 Å². The minimum atomic E-state index is -3.79. The molecule has 14 heavy (non-hydrogen) atoms. The van der Waals surface area contributed by atoms with E-state index >= 15 is 0 Å². The molecule has 6 heteroatoms. The lowest BCUT2D eigenvalue weighted by Gasteiger charge is -1.95. The first-order valence-electron chi connectivity index (χ1n) is 3.54. The van der Waals surface area contributed by atoms with Crippen molar-refractivity contribution in [2.45, 2.75) is 0 Å². The number of hydrogen-bond acceptors (Lipinski definition) is 2. The Labute approximate surface area is 79.9 Å². The predicted octanol–water partition coefficient (Wildman–Crippen LogP) is 1.22. The van der Waals surface area contributed by atoms with Crippen LogP contribution < -0.4 is 5.14 Å². The number of rotatable bonds is 2. The highest BCUT2D eigenvalue weighted by atomic mass is 32.2. The molecule has 0 fully saturated rings. The third kappa shape index (κ3) is 3.23. The summed E-state index contributed by atoms with van der Waals surface area (Å²) < 4.78 is 46.3. The van der Waals surface area contributed by atoms with Crippen LogP contribution in [0, 0.1) is 11.6 Å². The van der Waals surface area contributed by atoms with Crippen LogP contribution in [0.2, 0.25) is 0 Å². The minimum absolute atomic E-state index is 0.0413. The van der Waals surface area contributed by atoms with E-state index in [1.54, 1.807) is 0 Å². The minimum Gasteiger partial charge on any atom is -0.225 e. The molecule has 1 aromatic rings. The van der Waals surface area contributed by atoms with Crippen LogP contribution in [0.15, 0.2) is 23.6 Å². The molecular weight excluding hydrogens is 212 g/mol. The van der Waals surface area contributed by atoms with E-state index in [2.05, 4.69) is 5.14 Å². The first-order valence-corrected chi connectivity index (χ1v) is 5.15. The van der Waals surface area contributed by atoms with E-state index in [4.69, 9.17) is 0 Å². The molecule has 1 rings (SSSR count). The standard InChI is InChI=1S/C8H7F2NO2S/c9-7-2-1-6(8(10)5-7)3-4-14(11,12)13/h1-5H,(H2,11,12,13). The maximum atomic E-state index is 12.9. The Morgan fingerprint density at radius 3 is 2.43 bits per heavy atom. The van der Waals surface area contributed by atoms with Crippen molar-refractivity contribution in [2.24, 2.45) is 5.14 Å². The molecule has 0 radical (unpaired) electrons. The third-order valence-corrected chi connectivity index (χ3v) is 1.92. The van der Waals surface area contributed by atoms with E-state index in [0.29, 0.717) is 11.5 Å². The summed E-state index contributed by atoms with van der Waals surface area (Å²) in [5, 5.41) is 5.29. The van der Waals surface area contributed by atoms with E-state index < -0.39 is 21.7 Å². The van der Waals surface area contributed by atoms with Crippen molar-refractivity contribution in [1.29, 1.82) is 0 Å². The molecule has 76 valence electrons. The molecular formula is C8H7F2NO2S. The summed E-state index contributed by atoms with van der Waals surface area (Å²) in [4.78, 5) is 0. The summed E-state index contributed by atoms with van der Waals surface area (Å²) in [6.45, 7) is 0. The molecule has 3 nitrogen and oxygen atoms in total. The summed E-state index contributed by atoms with van der Waals surface area (Å²) in [5.74, 6) is -1.57. The Kier molecular flexibility index (Phi) is 2.97. The average molecular weight is 219 g/mol. The second-order valence-corrected chi connectivity index (χ2v) is 4.01. The zero-order valence-corrected chi connectivity index (χ0v) is 7.76. The highest BCUT2D eigenvalue weighted by Crippen LogP contribution is 2.11. The Morgan fingerprint density at radius 1 is 1.29 bits per heavy atom. The van der Waals surface area contributed by atoms with Gasteiger partial charge in [-0.2, -0.15) is 0 Å². The van der Waals surface area contributed by atoms with Crippen molar-refractivity contribution in [3.8, 4) is 0 Å². The smallest absolute Gasteiger partial charge is 0.225 e. The van der Waals surface area contributed by atoms with E-state index in [1.807, 2.05) is 0 Å². The molecule has 2 N–H and O–H groups in total. The van der Waals surface area contributed by atoms with Gasteiger partial charge in [-0.05, 0) is 18.2 Å². The molecule has 0 aliphatic rings. The van der Waals surface area contributed by atoms with Crippen molar-refractivity contribution in [3.63, 3.8) is 0 Å². The van der Waals surface area contributed by atoms with Gasteiger partial charge in [0.25, 0.3) is 0 Å². The van der Waals surface area contributed by atoms with Crippen molar-refractivity contribution < 1.29 is 17.2 Å². The summed E-state index contributed by atoms with van der Waals surface area (Å²) in [6, 6.07) is 2.79. The maximum absolute atomic E-state index is 12.9. The van der Waals surface area contributed by atoms with Crippen LogP contribution in [-0.2, 0) is 10.0 Å². The largest absolute Gasteiger partial charge is 0.231 e. The first-order chi connectivity index (χ1) is 6.38. The fourth-order valence-electron chi connectivity index (χ4n) is 0.805. The van der Waals surface area contributed by atoms with Crippen LogP contribution in [-0.4, -0.2) is 8.42 Å².